The van der Waals surface area contributed by atoms with Crippen LogP contribution in [0.3, 0.4) is 0 Å². The van der Waals surface area contributed by atoms with Crippen molar-refractivity contribution in [3.05, 3.63) is 89.5 Å². The molecule has 3 aromatic rings. The van der Waals surface area contributed by atoms with E-state index in [1.165, 1.54) is 5.56 Å². The highest BCUT2D eigenvalue weighted by molar-refractivity contribution is 6.05. The molecule has 0 aliphatic rings. The van der Waals surface area contributed by atoms with E-state index < -0.39 is 5.97 Å². The molecule has 0 spiro atoms. The Bertz CT molecular complexity index is 1060. The summed E-state index contributed by atoms with van der Waals surface area (Å²) < 4.78 is 11.5. The summed E-state index contributed by atoms with van der Waals surface area (Å²) in [7, 11) is 0. The molecule has 0 aromatic heterocycles. The van der Waals surface area contributed by atoms with Crippen LogP contribution in [0.2, 0.25) is 0 Å². The number of anilines is 1. The zero-order chi connectivity index (χ0) is 23.6. The molecule has 0 aliphatic carbocycles. The Hall–Kier alpha value is -3.80. The van der Waals surface area contributed by atoms with Crippen molar-refractivity contribution in [2.24, 2.45) is 0 Å². The molecule has 0 atom stereocenters. The molecule has 3 rings (SSSR count). The maximum atomic E-state index is 12.7. The van der Waals surface area contributed by atoms with E-state index in [0.29, 0.717) is 41.7 Å². The Morgan fingerprint density at radius 1 is 0.909 bits per heavy atom. The van der Waals surface area contributed by atoms with Gasteiger partial charge in [0, 0.05) is 12.0 Å². The monoisotopic (exact) mass is 447 g/mol. The highest BCUT2D eigenvalue weighted by atomic mass is 16.5. The molecule has 0 bridgehead atoms. The number of nitrogens with one attached hydrogen (secondary N) is 1. The lowest BCUT2D eigenvalue weighted by Crippen LogP contribution is -2.13. The van der Waals surface area contributed by atoms with Crippen LogP contribution in [0.25, 0.3) is 0 Å². The van der Waals surface area contributed by atoms with Gasteiger partial charge in [0.1, 0.15) is 18.1 Å². The van der Waals surface area contributed by atoms with Crippen molar-refractivity contribution in [1.29, 1.82) is 0 Å². The number of carbonyl (C=O) groups is 2. The first-order valence-corrected chi connectivity index (χ1v) is 11.0. The van der Waals surface area contributed by atoms with Gasteiger partial charge in [-0.1, -0.05) is 50.2 Å². The van der Waals surface area contributed by atoms with Gasteiger partial charge in [-0.05, 0) is 59.9 Å². The van der Waals surface area contributed by atoms with Crippen molar-refractivity contribution >= 4 is 17.6 Å². The topological polar surface area (TPSA) is 84.9 Å². The summed E-state index contributed by atoms with van der Waals surface area (Å²) in [4.78, 5) is 23.3. The number of carboxylic acid groups (broad SMARTS) is 1. The summed E-state index contributed by atoms with van der Waals surface area (Å²) in [6.45, 7) is 5.04. The number of rotatable bonds is 11. The van der Waals surface area contributed by atoms with Gasteiger partial charge in [-0.15, -0.1) is 0 Å². The Morgan fingerprint density at radius 3 is 2.27 bits per heavy atom. The normalized spacial score (nSPS) is 10.6. The first kappa shape index (κ1) is 23.9. The molecule has 6 heteroatoms. The smallest absolute Gasteiger partial charge is 0.303 e. The minimum atomic E-state index is -0.864. The van der Waals surface area contributed by atoms with E-state index in [1.54, 1.807) is 48.5 Å². The second kappa shape index (κ2) is 11.7. The van der Waals surface area contributed by atoms with Crippen LogP contribution in [0.5, 0.6) is 11.5 Å². The summed E-state index contributed by atoms with van der Waals surface area (Å²) in [6, 6.07) is 22.4. The average Bonchev–Trinajstić information content (AvgIpc) is 2.82. The first-order chi connectivity index (χ1) is 15.9. The largest absolute Gasteiger partial charge is 0.491 e. The zero-order valence-electron chi connectivity index (χ0n) is 18.9. The van der Waals surface area contributed by atoms with Gasteiger partial charge >= 0.3 is 5.97 Å². The average molecular weight is 448 g/mol. The van der Waals surface area contributed by atoms with Crippen LogP contribution >= 0.6 is 0 Å². The van der Waals surface area contributed by atoms with Crippen LogP contribution in [0.1, 0.15) is 54.1 Å². The fraction of sp³-hybridized carbons (Fsp3) is 0.259. The van der Waals surface area contributed by atoms with E-state index >= 15 is 0 Å². The minimum Gasteiger partial charge on any atom is -0.491 e. The summed E-state index contributed by atoms with van der Waals surface area (Å²) in [5.41, 5.74) is 3.40. The number of para-hydroxylation sites is 2. The predicted molar refractivity (Wildman–Crippen MR) is 128 cm³/mol. The molecule has 0 radical (unpaired) electrons. The lowest BCUT2D eigenvalue weighted by Gasteiger charge is -2.13. The van der Waals surface area contributed by atoms with E-state index in [4.69, 9.17) is 14.6 Å². The molecule has 33 heavy (non-hydrogen) atoms. The molecule has 0 heterocycles. The van der Waals surface area contributed by atoms with Gasteiger partial charge in [0.05, 0.1) is 12.3 Å². The molecule has 0 saturated carbocycles. The highest BCUT2D eigenvalue weighted by Crippen LogP contribution is 2.25. The third kappa shape index (κ3) is 7.38. The summed E-state index contributed by atoms with van der Waals surface area (Å²) in [6.07, 6.45) is 0.424. The molecular weight excluding hydrogens is 418 g/mol. The van der Waals surface area contributed by atoms with Crippen molar-refractivity contribution in [1.82, 2.24) is 0 Å². The highest BCUT2D eigenvalue weighted by Gasteiger charge is 2.10. The number of ether oxygens (including phenoxy) is 2. The van der Waals surface area contributed by atoms with Gasteiger partial charge in [0.2, 0.25) is 0 Å². The van der Waals surface area contributed by atoms with Crippen LogP contribution in [0.15, 0.2) is 72.8 Å². The molecule has 0 unspecified atom stereocenters. The Balaban J connectivity index is 1.54. The quantitative estimate of drug-likeness (QED) is 0.358. The molecule has 0 fully saturated rings. The molecular formula is C27H29NO5. The van der Waals surface area contributed by atoms with E-state index in [2.05, 4.69) is 43.4 Å². The number of amides is 1. The fourth-order valence-electron chi connectivity index (χ4n) is 3.16. The molecule has 0 aliphatic heterocycles. The minimum absolute atomic E-state index is 0.0339. The fourth-order valence-corrected chi connectivity index (χ4v) is 3.16. The summed E-state index contributed by atoms with van der Waals surface area (Å²) in [5.74, 6) is 0.541. The Labute approximate surface area is 194 Å². The third-order valence-corrected chi connectivity index (χ3v) is 5.10. The predicted octanol–water partition coefficient (Wildman–Crippen LogP) is 5.88. The maximum absolute atomic E-state index is 12.7. The van der Waals surface area contributed by atoms with Crippen LogP contribution in [-0.2, 0) is 11.4 Å². The van der Waals surface area contributed by atoms with Gasteiger partial charge in [-0.25, -0.2) is 0 Å². The van der Waals surface area contributed by atoms with E-state index in [-0.39, 0.29) is 18.9 Å². The standard InChI is InChI=1S/C27H29NO5/c1-19(2)21-11-9-20(10-12-21)18-33-23-15-13-22(14-16-23)27(31)28-24-6-3-4-7-25(24)32-17-5-8-26(29)30/h3-4,6-7,9-16,19H,5,8,17-18H2,1-2H3,(H,28,31)(H,29,30). The van der Waals surface area contributed by atoms with Crippen LogP contribution in [-0.4, -0.2) is 23.6 Å². The molecule has 0 saturated heterocycles. The van der Waals surface area contributed by atoms with E-state index in [9.17, 15) is 9.59 Å². The Morgan fingerprint density at radius 2 is 1.61 bits per heavy atom. The van der Waals surface area contributed by atoms with Crippen molar-refractivity contribution in [3.63, 3.8) is 0 Å². The lowest BCUT2D eigenvalue weighted by atomic mass is 10.0. The van der Waals surface area contributed by atoms with Crippen molar-refractivity contribution in [3.8, 4) is 11.5 Å². The van der Waals surface area contributed by atoms with Gasteiger partial charge in [0.25, 0.3) is 5.91 Å². The zero-order valence-corrected chi connectivity index (χ0v) is 18.9. The number of hydrogen-bond acceptors (Lipinski definition) is 4. The molecule has 3 aromatic carbocycles. The maximum Gasteiger partial charge on any atom is 0.303 e. The Kier molecular flexibility index (Phi) is 8.47. The van der Waals surface area contributed by atoms with Crippen molar-refractivity contribution in [2.45, 2.75) is 39.2 Å². The van der Waals surface area contributed by atoms with E-state index in [1.807, 2.05) is 0 Å². The molecule has 6 nitrogen and oxygen atoms in total. The van der Waals surface area contributed by atoms with Crippen molar-refractivity contribution in [2.75, 3.05) is 11.9 Å². The van der Waals surface area contributed by atoms with Gasteiger partial charge < -0.3 is 19.9 Å². The lowest BCUT2D eigenvalue weighted by molar-refractivity contribution is -0.137. The summed E-state index contributed by atoms with van der Waals surface area (Å²) in [5, 5.41) is 11.6. The summed E-state index contributed by atoms with van der Waals surface area (Å²) >= 11 is 0. The molecule has 1 amide bonds. The third-order valence-electron chi connectivity index (χ3n) is 5.10. The van der Waals surface area contributed by atoms with Crippen LogP contribution < -0.4 is 14.8 Å². The van der Waals surface area contributed by atoms with Gasteiger partial charge in [0.15, 0.2) is 0 Å². The van der Waals surface area contributed by atoms with Gasteiger partial charge in [-0.3, -0.25) is 9.59 Å². The molecule has 172 valence electrons. The second-order valence-electron chi connectivity index (χ2n) is 8.01. The SMILES string of the molecule is CC(C)c1ccc(COc2ccc(C(=O)Nc3ccccc3OCCCC(=O)O)cc2)cc1. The number of benzene rings is 3. The van der Waals surface area contributed by atoms with Crippen LogP contribution in [0, 0.1) is 0 Å². The first-order valence-electron chi connectivity index (χ1n) is 11.0. The molecule has 2 N–H and O–H groups in total. The number of aliphatic carboxylic acids is 1. The number of hydrogen-bond donors (Lipinski definition) is 2. The number of carbonyl (C=O) groups excluding carboxylic acids is 1. The van der Waals surface area contributed by atoms with Gasteiger partial charge in [-0.2, -0.15) is 0 Å². The van der Waals surface area contributed by atoms with E-state index in [0.717, 1.165) is 5.56 Å². The number of carboxylic acids is 1. The van der Waals surface area contributed by atoms with Crippen molar-refractivity contribution < 1.29 is 24.2 Å². The second-order valence-corrected chi connectivity index (χ2v) is 8.01. The van der Waals surface area contributed by atoms with Crippen LogP contribution in [0.4, 0.5) is 5.69 Å².